The van der Waals surface area contributed by atoms with Crippen LogP contribution >= 0.6 is 11.6 Å². The highest BCUT2D eigenvalue weighted by Gasteiger charge is 2.35. The van der Waals surface area contributed by atoms with Crippen LogP contribution in [0, 0.1) is 0 Å². The number of likely N-dealkylation sites (tertiary alicyclic amines) is 1. The second-order valence-electron chi connectivity index (χ2n) is 5.94. The number of rotatable bonds is 4. The summed E-state index contributed by atoms with van der Waals surface area (Å²) in [5, 5.41) is 4.58. The lowest BCUT2D eigenvalue weighted by Gasteiger charge is -2.37. The summed E-state index contributed by atoms with van der Waals surface area (Å²) in [5.74, 6) is 1.13. The standard InChI is InChI=1S/C18H15ClN4O2/c19-14-6-2-1-5-12(14)9-16(24)23-10-13(11-23)18-21-17(22-25-18)15-7-3-4-8-20-15/h1-8,13H,9-11H2. The van der Waals surface area contributed by atoms with Gasteiger partial charge < -0.3 is 9.42 Å². The molecule has 7 heteroatoms. The van der Waals surface area contributed by atoms with Crippen molar-refractivity contribution in [2.45, 2.75) is 12.3 Å². The Kier molecular flexibility index (Phi) is 4.19. The monoisotopic (exact) mass is 354 g/mol. The third kappa shape index (κ3) is 3.25. The minimum atomic E-state index is 0.0498. The molecule has 2 aromatic heterocycles. The lowest BCUT2D eigenvalue weighted by atomic mass is 9.99. The van der Waals surface area contributed by atoms with E-state index in [9.17, 15) is 4.79 Å². The molecule has 0 unspecified atom stereocenters. The van der Waals surface area contributed by atoms with Crippen LogP contribution in [0.3, 0.4) is 0 Å². The van der Waals surface area contributed by atoms with Gasteiger partial charge in [-0.05, 0) is 23.8 Å². The lowest BCUT2D eigenvalue weighted by Crippen LogP contribution is -2.49. The summed E-state index contributed by atoms with van der Waals surface area (Å²) >= 11 is 6.11. The maximum absolute atomic E-state index is 12.3. The highest BCUT2D eigenvalue weighted by atomic mass is 35.5. The number of aromatic nitrogens is 3. The molecular weight excluding hydrogens is 340 g/mol. The van der Waals surface area contributed by atoms with Crippen molar-refractivity contribution < 1.29 is 9.32 Å². The molecule has 1 aromatic carbocycles. The highest BCUT2D eigenvalue weighted by molar-refractivity contribution is 6.31. The highest BCUT2D eigenvalue weighted by Crippen LogP contribution is 2.28. The zero-order chi connectivity index (χ0) is 17.2. The second-order valence-corrected chi connectivity index (χ2v) is 6.34. The van der Waals surface area contributed by atoms with E-state index in [1.54, 1.807) is 17.2 Å². The largest absolute Gasteiger partial charge is 0.341 e. The summed E-state index contributed by atoms with van der Waals surface area (Å²) in [7, 11) is 0. The van der Waals surface area contributed by atoms with Crippen LogP contribution in [0.5, 0.6) is 0 Å². The first-order valence-electron chi connectivity index (χ1n) is 7.97. The molecule has 25 heavy (non-hydrogen) atoms. The fraction of sp³-hybridized carbons (Fsp3) is 0.222. The molecule has 126 valence electrons. The molecule has 0 aliphatic carbocycles. The van der Waals surface area contributed by atoms with E-state index >= 15 is 0 Å². The van der Waals surface area contributed by atoms with Crippen molar-refractivity contribution >= 4 is 17.5 Å². The fourth-order valence-corrected chi connectivity index (χ4v) is 2.96. The summed E-state index contributed by atoms with van der Waals surface area (Å²) in [6, 6.07) is 12.9. The Morgan fingerprint density at radius 3 is 2.76 bits per heavy atom. The van der Waals surface area contributed by atoms with Gasteiger partial charge in [-0.15, -0.1) is 0 Å². The predicted octanol–water partition coefficient (Wildman–Crippen LogP) is 2.95. The number of amides is 1. The molecule has 1 aliphatic heterocycles. The van der Waals surface area contributed by atoms with Gasteiger partial charge in [-0.3, -0.25) is 9.78 Å². The van der Waals surface area contributed by atoms with Crippen LogP contribution in [-0.2, 0) is 11.2 Å². The van der Waals surface area contributed by atoms with Crippen molar-refractivity contribution in [2.24, 2.45) is 0 Å². The molecule has 3 heterocycles. The van der Waals surface area contributed by atoms with Gasteiger partial charge in [-0.1, -0.05) is 41.0 Å². The SMILES string of the molecule is O=C(Cc1ccccc1Cl)N1CC(c2nc(-c3ccccn3)no2)C1. The van der Waals surface area contributed by atoms with E-state index in [1.165, 1.54) is 0 Å². The third-order valence-corrected chi connectivity index (χ3v) is 4.59. The minimum Gasteiger partial charge on any atom is -0.341 e. The Balaban J connectivity index is 1.37. The summed E-state index contributed by atoms with van der Waals surface area (Å²) in [6.45, 7) is 1.15. The van der Waals surface area contributed by atoms with Crippen LogP contribution < -0.4 is 0 Å². The van der Waals surface area contributed by atoms with E-state index in [0.717, 1.165) is 5.56 Å². The first kappa shape index (κ1) is 15.8. The average Bonchev–Trinajstić information content (AvgIpc) is 3.06. The zero-order valence-electron chi connectivity index (χ0n) is 13.3. The number of pyridine rings is 1. The van der Waals surface area contributed by atoms with Crippen molar-refractivity contribution in [2.75, 3.05) is 13.1 Å². The third-order valence-electron chi connectivity index (χ3n) is 4.22. The molecule has 3 aromatic rings. The molecule has 6 nitrogen and oxygen atoms in total. The number of nitrogens with zero attached hydrogens (tertiary/aromatic N) is 4. The van der Waals surface area contributed by atoms with Gasteiger partial charge in [-0.2, -0.15) is 4.98 Å². The number of carbonyl (C=O) groups excluding carboxylic acids is 1. The molecule has 0 radical (unpaired) electrons. The van der Waals surface area contributed by atoms with Gasteiger partial charge in [0.2, 0.25) is 17.6 Å². The first-order valence-corrected chi connectivity index (χ1v) is 8.34. The van der Waals surface area contributed by atoms with Crippen LogP contribution in [0.4, 0.5) is 0 Å². The van der Waals surface area contributed by atoms with Crippen molar-refractivity contribution in [3.05, 3.63) is 65.1 Å². The molecule has 1 aliphatic rings. The molecular formula is C18H15ClN4O2. The summed E-state index contributed by atoms with van der Waals surface area (Å²) in [4.78, 5) is 22.7. The molecule has 1 fully saturated rings. The van der Waals surface area contributed by atoms with E-state index in [0.29, 0.717) is 41.9 Å². The smallest absolute Gasteiger partial charge is 0.233 e. The molecule has 0 bridgehead atoms. The average molecular weight is 355 g/mol. The number of carbonyl (C=O) groups is 1. The van der Waals surface area contributed by atoms with E-state index in [1.807, 2.05) is 36.4 Å². The van der Waals surface area contributed by atoms with Crippen molar-refractivity contribution in [1.82, 2.24) is 20.0 Å². The maximum Gasteiger partial charge on any atom is 0.233 e. The van der Waals surface area contributed by atoms with Gasteiger partial charge in [0.25, 0.3) is 0 Å². The molecule has 1 saturated heterocycles. The summed E-state index contributed by atoms with van der Waals surface area (Å²) in [6.07, 6.45) is 1.99. The Morgan fingerprint density at radius 2 is 2.00 bits per heavy atom. The normalized spacial score (nSPS) is 14.4. The van der Waals surface area contributed by atoms with Gasteiger partial charge in [0.15, 0.2) is 0 Å². The summed E-state index contributed by atoms with van der Waals surface area (Å²) in [5.41, 5.74) is 1.51. The van der Waals surface area contributed by atoms with E-state index < -0.39 is 0 Å². The van der Waals surface area contributed by atoms with Crippen LogP contribution in [0.2, 0.25) is 5.02 Å². The number of benzene rings is 1. The Labute approximate surface area is 149 Å². The molecule has 1 amide bonds. The minimum absolute atomic E-state index is 0.0498. The van der Waals surface area contributed by atoms with Crippen LogP contribution in [-0.4, -0.2) is 39.0 Å². The van der Waals surface area contributed by atoms with Crippen LogP contribution in [0.15, 0.2) is 53.2 Å². The number of hydrogen-bond acceptors (Lipinski definition) is 5. The zero-order valence-corrected chi connectivity index (χ0v) is 14.1. The maximum atomic E-state index is 12.3. The van der Waals surface area contributed by atoms with E-state index in [2.05, 4.69) is 15.1 Å². The van der Waals surface area contributed by atoms with Gasteiger partial charge in [0.1, 0.15) is 5.69 Å². The van der Waals surface area contributed by atoms with Crippen molar-refractivity contribution in [3.63, 3.8) is 0 Å². The molecule has 0 saturated carbocycles. The molecule has 0 atom stereocenters. The molecule has 4 rings (SSSR count). The van der Waals surface area contributed by atoms with Crippen molar-refractivity contribution in [1.29, 1.82) is 0 Å². The molecule has 0 spiro atoms. The summed E-state index contributed by atoms with van der Waals surface area (Å²) < 4.78 is 5.33. The molecule has 0 N–H and O–H groups in total. The topological polar surface area (TPSA) is 72.1 Å². The first-order chi connectivity index (χ1) is 12.2. The lowest BCUT2D eigenvalue weighted by molar-refractivity contribution is -0.135. The van der Waals surface area contributed by atoms with Gasteiger partial charge in [0, 0.05) is 24.3 Å². The van der Waals surface area contributed by atoms with E-state index in [-0.39, 0.29) is 11.8 Å². The Morgan fingerprint density at radius 1 is 1.20 bits per heavy atom. The predicted molar refractivity (Wildman–Crippen MR) is 92.0 cm³/mol. The Bertz CT molecular complexity index is 891. The second kappa shape index (κ2) is 6.64. The van der Waals surface area contributed by atoms with Crippen LogP contribution in [0.25, 0.3) is 11.5 Å². The quantitative estimate of drug-likeness (QED) is 0.720. The van der Waals surface area contributed by atoms with Crippen molar-refractivity contribution in [3.8, 4) is 11.5 Å². The van der Waals surface area contributed by atoms with Crippen LogP contribution in [0.1, 0.15) is 17.4 Å². The number of hydrogen-bond donors (Lipinski definition) is 0. The number of halogens is 1. The van der Waals surface area contributed by atoms with E-state index in [4.69, 9.17) is 16.1 Å². The van der Waals surface area contributed by atoms with Gasteiger partial charge in [0.05, 0.1) is 12.3 Å². The fourth-order valence-electron chi connectivity index (χ4n) is 2.75. The Hall–Kier alpha value is -2.73. The van der Waals surface area contributed by atoms with Gasteiger partial charge >= 0.3 is 0 Å². The van der Waals surface area contributed by atoms with Gasteiger partial charge in [-0.25, -0.2) is 0 Å².